The molecule has 20 heavy (non-hydrogen) atoms. The Morgan fingerprint density at radius 2 is 2.05 bits per heavy atom. The van der Waals surface area contributed by atoms with Gasteiger partial charge in [-0.15, -0.1) is 0 Å². The van der Waals surface area contributed by atoms with E-state index in [1.807, 2.05) is 23.9 Å². The van der Waals surface area contributed by atoms with E-state index in [1.54, 1.807) is 0 Å². The number of thioether (sulfide) groups is 1. The molecule has 3 rings (SSSR count). The van der Waals surface area contributed by atoms with Crippen molar-refractivity contribution < 1.29 is 9.53 Å². The van der Waals surface area contributed by atoms with Crippen molar-refractivity contribution in [2.24, 2.45) is 0 Å². The average Bonchev–Trinajstić information content (AvgIpc) is 2.53. The summed E-state index contributed by atoms with van der Waals surface area (Å²) in [6.45, 7) is 0.743. The van der Waals surface area contributed by atoms with Gasteiger partial charge in [-0.05, 0) is 37.3 Å². The molecule has 108 valence electrons. The molecule has 2 aliphatic rings. The van der Waals surface area contributed by atoms with Gasteiger partial charge in [0.2, 0.25) is 0 Å². The van der Waals surface area contributed by atoms with E-state index < -0.39 is 0 Å². The van der Waals surface area contributed by atoms with Crippen molar-refractivity contribution in [3.63, 3.8) is 0 Å². The van der Waals surface area contributed by atoms with Crippen LogP contribution in [0.15, 0.2) is 18.2 Å². The smallest absolute Gasteiger partial charge is 0.176 e. The second-order valence-corrected chi connectivity index (χ2v) is 7.03. The molecule has 0 saturated heterocycles. The van der Waals surface area contributed by atoms with E-state index in [4.69, 9.17) is 4.74 Å². The van der Waals surface area contributed by atoms with E-state index in [0.717, 1.165) is 30.8 Å². The molecule has 1 aliphatic carbocycles. The van der Waals surface area contributed by atoms with Crippen molar-refractivity contribution in [2.75, 3.05) is 12.4 Å². The first kappa shape index (κ1) is 14.0. The van der Waals surface area contributed by atoms with E-state index in [2.05, 4.69) is 6.07 Å². The van der Waals surface area contributed by atoms with Crippen LogP contribution >= 0.6 is 11.8 Å². The number of hydrogen-bond donors (Lipinski definition) is 0. The Kier molecular flexibility index (Phi) is 4.66. The SMILES string of the molecule is O=C(CSC1CCCCC1)c1cccc2c1OCCC2. The second-order valence-electron chi connectivity index (χ2n) is 5.74. The van der Waals surface area contributed by atoms with Crippen molar-refractivity contribution in [2.45, 2.75) is 50.2 Å². The highest BCUT2D eigenvalue weighted by atomic mass is 32.2. The molecular weight excluding hydrogens is 268 g/mol. The molecular formula is C17H22O2S. The van der Waals surface area contributed by atoms with Gasteiger partial charge in [0.25, 0.3) is 0 Å². The lowest BCUT2D eigenvalue weighted by Gasteiger charge is -2.22. The Balaban J connectivity index is 1.64. The molecule has 2 nitrogen and oxygen atoms in total. The average molecular weight is 290 g/mol. The predicted molar refractivity (Wildman–Crippen MR) is 83.9 cm³/mol. The van der Waals surface area contributed by atoms with E-state index in [0.29, 0.717) is 11.0 Å². The number of hydrogen-bond acceptors (Lipinski definition) is 3. The molecule has 0 spiro atoms. The quantitative estimate of drug-likeness (QED) is 0.775. The van der Waals surface area contributed by atoms with Crippen LogP contribution in [-0.4, -0.2) is 23.4 Å². The highest BCUT2D eigenvalue weighted by Gasteiger charge is 2.21. The van der Waals surface area contributed by atoms with Crippen LogP contribution in [0.25, 0.3) is 0 Å². The van der Waals surface area contributed by atoms with Gasteiger partial charge >= 0.3 is 0 Å². The molecule has 1 fully saturated rings. The summed E-state index contributed by atoms with van der Waals surface area (Å²) in [7, 11) is 0. The zero-order valence-electron chi connectivity index (χ0n) is 11.9. The number of carbonyl (C=O) groups is 1. The topological polar surface area (TPSA) is 26.3 Å². The van der Waals surface area contributed by atoms with E-state index >= 15 is 0 Å². The van der Waals surface area contributed by atoms with Crippen LogP contribution in [0.5, 0.6) is 5.75 Å². The summed E-state index contributed by atoms with van der Waals surface area (Å²) in [5.74, 6) is 1.69. The van der Waals surface area contributed by atoms with Crippen LogP contribution in [0, 0.1) is 0 Å². The first-order chi connectivity index (χ1) is 9.84. The summed E-state index contributed by atoms with van der Waals surface area (Å²) < 4.78 is 5.74. The van der Waals surface area contributed by atoms with Crippen LogP contribution in [-0.2, 0) is 6.42 Å². The monoisotopic (exact) mass is 290 g/mol. The van der Waals surface area contributed by atoms with Crippen molar-refractivity contribution in [3.05, 3.63) is 29.3 Å². The fourth-order valence-electron chi connectivity index (χ4n) is 3.11. The summed E-state index contributed by atoms with van der Waals surface area (Å²) in [6.07, 6.45) is 8.67. The highest BCUT2D eigenvalue weighted by molar-refractivity contribution is 8.00. The maximum absolute atomic E-state index is 12.5. The van der Waals surface area contributed by atoms with Gasteiger partial charge in [0.05, 0.1) is 17.9 Å². The predicted octanol–water partition coefficient (Wildman–Crippen LogP) is 4.26. The number of Topliss-reactive ketones (excluding diaryl/α,β-unsaturated/α-hetero) is 1. The number of rotatable bonds is 4. The number of benzene rings is 1. The van der Waals surface area contributed by atoms with Gasteiger partial charge in [0.15, 0.2) is 5.78 Å². The van der Waals surface area contributed by atoms with E-state index in [1.165, 1.54) is 37.7 Å². The van der Waals surface area contributed by atoms with Gasteiger partial charge in [-0.25, -0.2) is 0 Å². The van der Waals surface area contributed by atoms with Gasteiger partial charge in [0.1, 0.15) is 5.75 Å². The molecule has 0 radical (unpaired) electrons. The van der Waals surface area contributed by atoms with Gasteiger partial charge in [-0.1, -0.05) is 31.4 Å². The third kappa shape index (κ3) is 3.20. The van der Waals surface area contributed by atoms with E-state index in [-0.39, 0.29) is 5.78 Å². The number of ether oxygens (including phenoxy) is 1. The third-order valence-corrected chi connectivity index (χ3v) is 5.61. The molecule has 0 N–H and O–H groups in total. The number of carbonyl (C=O) groups excluding carboxylic acids is 1. The third-order valence-electron chi connectivity index (χ3n) is 4.24. The number of para-hydroxylation sites is 1. The lowest BCUT2D eigenvalue weighted by molar-refractivity contribution is 0.101. The van der Waals surface area contributed by atoms with Crippen molar-refractivity contribution in [1.29, 1.82) is 0 Å². The Labute approximate surface area is 125 Å². The first-order valence-corrected chi connectivity index (χ1v) is 8.79. The molecule has 0 aromatic heterocycles. The minimum absolute atomic E-state index is 0.235. The molecule has 1 aliphatic heterocycles. The Bertz CT molecular complexity index is 478. The zero-order chi connectivity index (χ0) is 13.8. The number of ketones is 1. The summed E-state index contributed by atoms with van der Waals surface area (Å²) in [5.41, 5.74) is 2.00. The summed E-state index contributed by atoms with van der Waals surface area (Å²) in [6, 6.07) is 6.00. The molecule has 0 amide bonds. The largest absolute Gasteiger partial charge is 0.493 e. The summed E-state index contributed by atoms with van der Waals surface area (Å²) in [4.78, 5) is 12.5. The fourth-order valence-corrected chi connectivity index (χ4v) is 4.32. The van der Waals surface area contributed by atoms with Gasteiger partial charge in [-0.2, -0.15) is 11.8 Å². The van der Waals surface area contributed by atoms with Crippen LogP contribution in [0.4, 0.5) is 0 Å². The van der Waals surface area contributed by atoms with Crippen LogP contribution in [0.1, 0.15) is 54.4 Å². The molecule has 1 heterocycles. The van der Waals surface area contributed by atoms with Crippen LogP contribution in [0.2, 0.25) is 0 Å². The summed E-state index contributed by atoms with van der Waals surface area (Å²) in [5, 5.41) is 0.688. The Morgan fingerprint density at radius 3 is 2.90 bits per heavy atom. The Morgan fingerprint density at radius 1 is 1.20 bits per heavy atom. The van der Waals surface area contributed by atoms with Crippen molar-refractivity contribution in [3.8, 4) is 5.75 Å². The zero-order valence-corrected chi connectivity index (χ0v) is 12.7. The lowest BCUT2D eigenvalue weighted by atomic mass is 10.0. The van der Waals surface area contributed by atoms with E-state index in [9.17, 15) is 4.79 Å². The van der Waals surface area contributed by atoms with Crippen LogP contribution < -0.4 is 4.74 Å². The molecule has 0 atom stereocenters. The summed E-state index contributed by atoms with van der Waals surface area (Å²) >= 11 is 1.85. The maximum atomic E-state index is 12.5. The van der Waals surface area contributed by atoms with Crippen molar-refractivity contribution >= 4 is 17.5 Å². The van der Waals surface area contributed by atoms with Gasteiger partial charge in [0, 0.05) is 5.25 Å². The molecule has 3 heteroatoms. The fraction of sp³-hybridized carbons (Fsp3) is 0.588. The Hall–Kier alpha value is -0.960. The molecule has 0 bridgehead atoms. The minimum atomic E-state index is 0.235. The van der Waals surface area contributed by atoms with Crippen LogP contribution in [0.3, 0.4) is 0 Å². The molecule has 1 aromatic rings. The number of fused-ring (bicyclic) bond motifs is 1. The lowest BCUT2D eigenvalue weighted by Crippen LogP contribution is -2.16. The standard InChI is InChI=1S/C17H22O2S/c18-16(12-20-14-8-2-1-3-9-14)15-10-4-6-13-7-5-11-19-17(13)15/h4,6,10,14H,1-3,5,7-9,11-12H2. The molecule has 1 saturated carbocycles. The molecule has 0 unspecified atom stereocenters. The minimum Gasteiger partial charge on any atom is -0.493 e. The maximum Gasteiger partial charge on any atom is 0.176 e. The number of aryl methyl sites for hydroxylation is 1. The first-order valence-electron chi connectivity index (χ1n) is 7.74. The van der Waals surface area contributed by atoms with Gasteiger partial charge < -0.3 is 4.74 Å². The van der Waals surface area contributed by atoms with Gasteiger partial charge in [-0.3, -0.25) is 4.79 Å². The second kappa shape index (κ2) is 6.66. The highest BCUT2D eigenvalue weighted by Crippen LogP contribution is 2.32. The molecule has 1 aromatic carbocycles. The normalized spacial score (nSPS) is 19.2. The van der Waals surface area contributed by atoms with Crippen molar-refractivity contribution in [1.82, 2.24) is 0 Å².